The molecule has 5 heteroatoms. The molecule has 20 heavy (non-hydrogen) atoms. The summed E-state index contributed by atoms with van der Waals surface area (Å²) in [6.45, 7) is 0.249. The van der Waals surface area contributed by atoms with Crippen molar-refractivity contribution in [2.45, 2.75) is 6.54 Å². The first-order valence-corrected chi connectivity index (χ1v) is 6.65. The van der Waals surface area contributed by atoms with Crippen LogP contribution in [0.2, 0.25) is 5.02 Å². The molecule has 2 rings (SSSR count). The molecule has 1 aromatic heterocycles. The van der Waals surface area contributed by atoms with Crippen LogP contribution < -0.4 is 14.8 Å². The average molecular weight is 291 g/mol. The number of amides is 1. The van der Waals surface area contributed by atoms with E-state index in [1.54, 1.807) is 12.1 Å². The Bertz CT molecular complexity index is 596. The Balaban J connectivity index is 1.99. The van der Waals surface area contributed by atoms with E-state index in [0.717, 1.165) is 5.69 Å². The number of nitrogens with zero attached hydrogens (tertiary/aromatic N) is 2. The van der Waals surface area contributed by atoms with Crippen molar-refractivity contribution in [3.8, 4) is 0 Å². The second kappa shape index (κ2) is 6.39. The van der Waals surface area contributed by atoms with Gasteiger partial charge in [0.2, 0.25) is 6.54 Å². The molecule has 104 valence electrons. The number of nitrogens with one attached hydrogen (secondary N) is 1. The summed E-state index contributed by atoms with van der Waals surface area (Å²) in [5.41, 5.74) is 1.72. The fourth-order valence-corrected chi connectivity index (χ4v) is 1.95. The van der Waals surface area contributed by atoms with Crippen molar-refractivity contribution in [2.75, 3.05) is 24.3 Å². The third-order valence-electron chi connectivity index (χ3n) is 2.86. The van der Waals surface area contributed by atoms with E-state index in [9.17, 15) is 4.79 Å². The number of benzene rings is 1. The highest BCUT2D eigenvalue weighted by molar-refractivity contribution is 6.33. The Hall–Kier alpha value is -2.07. The number of para-hydroxylation sites is 1. The molecule has 0 aliphatic heterocycles. The Morgan fingerprint density at radius 1 is 1.20 bits per heavy atom. The Kier molecular flexibility index (Phi) is 4.58. The standard InChI is InChI=1S/C15H16ClN3O/c1-18(2)12-7-9-19(10-8-12)11-15(20)17-14-6-4-3-5-13(14)16/h3-10H,11H2,1-2H3/p+1. The fourth-order valence-electron chi connectivity index (χ4n) is 1.77. The van der Waals surface area contributed by atoms with Crippen LogP contribution in [-0.2, 0) is 11.3 Å². The first-order valence-electron chi connectivity index (χ1n) is 6.27. The van der Waals surface area contributed by atoms with Crippen molar-refractivity contribution in [3.63, 3.8) is 0 Å². The van der Waals surface area contributed by atoms with E-state index >= 15 is 0 Å². The molecule has 1 N–H and O–H groups in total. The number of hydrogen-bond donors (Lipinski definition) is 1. The van der Waals surface area contributed by atoms with E-state index in [1.165, 1.54) is 0 Å². The van der Waals surface area contributed by atoms with Gasteiger partial charge in [0.05, 0.1) is 10.7 Å². The molecule has 0 fully saturated rings. The summed E-state index contributed by atoms with van der Waals surface area (Å²) in [6, 6.07) is 11.1. The number of halogens is 1. The number of rotatable bonds is 4. The third-order valence-corrected chi connectivity index (χ3v) is 3.19. The van der Waals surface area contributed by atoms with Crippen LogP contribution in [0.5, 0.6) is 0 Å². The zero-order valence-electron chi connectivity index (χ0n) is 11.5. The lowest BCUT2D eigenvalue weighted by molar-refractivity contribution is -0.684. The molecule has 1 aromatic carbocycles. The minimum atomic E-state index is -0.110. The van der Waals surface area contributed by atoms with Crippen LogP contribution in [0.15, 0.2) is 48.8 Å². The predicted octanol–water partition coefficient (Wildman–Crippen LogP) is 2.33. The van der Waals surface area contributed by atoms with Gasteiger partial charge in [-0.3, -0.25) is 4.79 Å². The molecular weight excluding hydrogens is 274 g/mol. The molecule has 0 bridgehead atoms. The summed E-state index contributed by atoms with van der Waals surface area (Å²) in [4.78, 5) is 14.0. The molecule has 0 saturated heterocycles. The van der Waals surface area contributed by atoms with Gasteiger partial charge in [0.25, 0.3) is 5.91 Å². The van der Waals surface area contributed by atoms with Crippen LogP contribution in [0.3, 0.4) is 0 Å². The van der Waals surface area contributed by atoms with Crippen molar-refractivity contribution in [1.82, 2.24) is 0 Å². The minimum Gasteiger partial charge on any atom is -0.377 e. The van der Waals surface area contributed by atoms with Crippen LogP contribution in [0, 0.1) is 0 Å². The number of anilines is 2. The summed E-state index contributed by atoms with van der Waals surface area (Å²) < 4.78 is 1.82. The van der Waals surface area contributed by atoms with Gasteiger partial charge in [0, 0.05) is 31.9 Å². The number of hydrogen-bond acceptors (Lipinski definition) is 2. The molecule has 0 atom stereocenters. The van der Waals surface area contributed by atoms with Gasteiger partial charge < -0.3 is 10.2 Å². The van der Waals surface area contributed by atoms with E-state index in [0.29, 0.717) is 10.7 Å². The van der Waals surface area contributed by atoms with Gasteiger partial charge in [0.15, 0.2) is 12.4 Å². The summed E-state index contributed by atoms with van der Waals surface area (Å²) in [5, 5.41) is 3.33. The molecule has 0 aliphatic carbocycles. The molecule has 0 aliphatic rings. The second-order valence-electron chi connectivity index (χ2n) is 4.65. The van der Waals surface area contributed by atoms with Gasteiger partial charge >= 0.3 is 0 Å². The Morgan fingerprint density at radius 2 is 1.85 bits per heavy atom. The zero-order chi connectivity index (χ0) is 14.5. The van der Waals surface area contributed by atoms with Gasteiger partial charge in [-0.2, -0.15) is 4.57 Å². The van der Waals surface area contributed by atoms with Crippen molar-refractivity contribution in [3.05, 3.63) is 53.8 Å². The molecule has 1 amide bonds. The summed E-state index contributed by atoms with van der Waals surface area (Å²) in [5.74, 6) is -0.110. The highest BCUT2D eigenvalue weighted by atomic mass is 35.5. The third kappa shape index (κ3) is 3.71. The van der Waals surface area contributed by atoms with Gasteiger partial charge in [-0.25, -0.2) is 0 Å². The van der Waals surface area contributed by atoms with Crippen LogP contribution >= 0.6 is 11.6 Å². The lowest BCUT2D eigenvalue weighted by atomic mass is 10.3. The van der Waals surface area contributed by atoms with Gasteiger partial charge in [-0.05, 0) is 12.1 Å². The number of pyridine rings is 1. The lowest BCUT2D eigenvalue weighted by Gasteiger charge is -2.10. The largest absolute Gasteiger partial charge is 0.377 e. The highest BCUT2D eigenvalue weighted by Gasteiger charge is 2.11. The Morgan fingerprint density at radius 3 is 2.45 bits per heavy atom. The maximum absolute atomic E-state index is 12.0. The monoisotopic (exact) mass is 290 g/mol. The molecule has 0 radical (unpaired) electrons. The maximum Gasteiger partial charge on any atom is 0.290 e. The van der Waals surface area contributed by atoms with E-state index in [1.807, 2.05) is 60.2 Å². The molecule has 0 unspecified atom stereocenters. The summed E-state index contributed by atoms with van der Waals surface area (Å²) >= 11 is 6.00. The number of carbonyl (C=O) groups is 1. The van der Waals surface area contributed by atoms with E-state index in [2.05, 4.69) is 5.32 Å². The van der Waals surface area contributed by atoms with Gasteiger partial charge in [-0.1, -0.05) is 23.7 Å². The second-order valence-corrected chi connectivity index (χ2v) is 5.06. The average Bonchev–Trinajstić information content (AvgIpc) is 2.42. The van der Waals surface area contributed by atoms with Gasteiger partial charge in [0.1, 0.15) is 0 Å². The van der Waals surface area contributed by atoms with E-state index < -0.39 is 0 Å². The van der Waals surface area contributed by atoms with Crippen molar-refractivity contribution < 1.29 is 9.36 Å². The molecule has 0 saturated carbocycles. The maximum atomic E-state index is 12.0. The first-order chi connectivity index (χ1) is 9.56. The molecule has 4 nitrogen and oxygen atoms in total. The SMILES string of the molecule is CN(C)c1cc[n+](CC(=O)Nc2ccccc2Cl)cc1. The normalized spacial score (nSPS) is 10.2. The van der Waals surface area contributed by atoms with Crippen LogP contribution in [0.25, 0.3) is 0 Å². The molecule has 0 spiro atoms. The summed E-state index contributed by atoms with van der Waals surface area (Å²) in [7, 11) is 3.95. The number of carbonyl (C=O) groups excluding carboxylic acids is 1. The molecule has 1 heterocycles. The first kappa shape index (κ1) is 14.3. The zero-order valence-corrected chi connectivity index (χ0v) is 12.3. The number of aromatic nitrogens is 1. The van der Waals surface area contributed by atoms with Crippen molar-refractivity contribution in [1.29, 1.82) is 0 Å². The predicted molar refractivity (Wildman–Crippen MR) is 81.0 cm³/mol. The highest BCUT2D eigenvalue weighted by Crippen LogP contribution is 2.20. The Labute approximate surface area is 123 Å². The van der Waals surface area contributed by atoms with Crippen LogP contribution in [-0.4, -0.2) is 20.0 Å². The fraction of sp³-hybridized carbons (Fsp3) is 0.200. The quantitative estimate of drug-likeness (QED) is 0.878. The van der Waals surface area contributed by atoms with Crippen LogP contribution in [0.1, 0.15) is 0 Å². The van der Waals surface area contributed by atoms with Crippen LogP contribution in [0.4, 0.5) is 11.4 Å². The van der Waals surface area contributed by atoms with Gasteiger partial charge in [-0.15, -0.1) is 0 Å². The lowest BCUT2D eigenvalue weighted by Crippen LogP contribution is -2.39. The molecule has 2 aromatic rings. The molecular formula is C15H17ClN3O+. The smallest absolute Gasteiger partial charge is 0.290 e. The topological polar surface area (TPSA) is 36.2 Å². The van der Waals surface area contributed by atoms with Crippen molar-refractivity contribution in [2.24, 2.45) is 0 Å². The summed E-state index contributed by atoms with van der Waals surface area (Å²) in [6.07, 6.45) is 3.75. The van der Waals surface area contributed by atoms with Crippen molar-refractivity contribution >= 4 is 28.9 Å². The van der Waals surface area contributed by atoms with E-state index in [4.69, 9.17) is 11.6 Å². The van der Waals surface area contributed by atoms with E-state index in [-0.39, 0.29) is 12.5 Å². The minimum absolute atomic E-state index is 0.110.